The maximum Gasteiger partial charge on any atom is 0.345 e. The Bertz CT molecular complexity index is 791. The largest absolute Gasteiger partial charge is 0.345 e. The van der Waals surface area contributed by atoms with Crippen LogP contribution in [-0.4, -0.2) is 43.2 Å². The van der Waals surface area contributed by atoms with E-state index in [4.69, 9.17) is 4.98 Å². The maximum atomic E-state index is 12.4. The van der Waals surface area contributed by atoms with Crippen LogP contribution in [-0.2, 0) is 31.2 Å². The molecule has 1 aliphatic carbocycles. The molecule has 0 spiro atoms. The van der Waals surface area contributed by atoms with Crippen molar-refractivity contribution in [3.63, 3.8) is 0 Å². The van der Waals surface area contributed by atoms with Crippen molar-refractivity contribution in [3.8, 4) is 0 Å². The number of aromatic nitrogens is 4. The standard InChI is InChI=1S/C16H21N5O2S/c1-19-10-17-21(16(19)23)9-14(22)20-7-5-11(6-8-20)15-18-12-3-2-4-13(12)24-15/h10-11H,2-9H2,1H3. The van der Waals surface area contributed by atoms with Crippen LogP contribution in [0.1, 0.15) is 40.8 Å². The van der Waals surface area contributed by atoms with Crippen molar-refractivity contribution in [1.82, 2.24) is 24.2 Å². The van der Waals surface area contributed by atoms with E-state index in [0.29, 0.717) is 5.92 Å². The van der Waals surface area contributed by atoms with Crippen LogP contribution >= 0.6 is 11.3 Å². The van der Waals surface area contributed by atoms with Crippen LogP contribution in [0.5, 0.6) is 0 Å². The highest BCUT2D eigenvalue weighted by Crippen LogP contribution is 2.35. The highest BCUT2D eigenvalue weighted by atomic mass is 32.1. The fourth-order valence-electron chi connectivity index (χ4n) is 3.52. The Balaban J connectivity index is 1.36. The molecule has 3 heterocycles. The fourth-order valence-corrected chi connectivity index (χ4v) is 4.84. The SMILES string of the molecule is Cn1cnn(CC(=O)N2CCC(c3nc4c(s3)CCC4)CC2)c1=O. The number of rotatable bonds is 3. The molecule has 1 aliphatic heterocycles. The van der Waals surface area contributed by atoms with Gasteiger partial charge < -0.3 is 4.90 Å². The van der Waals surface area contributed by atoms with Crippen molar-refractivity contribution in [2.45, 2.75) is 44.6 Å². The minimum Gasteiger partial charge on any atom is -0.341 e. The number of nitrogens with zero attached hydrogens (tertiary/aromatic N) is 5. The average Bonchev–Trinajstić information content (AvgIpc) is 3.26. The summed E-state index contributed by atoms with van der Waals surface area (Å²) in [6.45, 7) is 1.49. The van der Waals surface area contributed by atoms with E-state index in [1.807, 2.05) is 16.2 Å². The second kappa shape index (κ2) is 6.16. The third kappa shape index (κ3) is 2.79. The highest BCUT2D eigenvalue weighted by molar-refractivity contribution is 7.11. The predicted octanol–water partition coefficient (Wildman–Crippen LogP) is 0.933. The molecule has 0 aromatic carbocycles. The number of amides is 1. The first-order valence-electron chi connectivity index (χ1n) is 8.46. The lowest BCUT2D eigenvalue weighted by Gasteiger charge is -2.31. The van der Waals surface area contributed by atoms with Gasteiger partial charge in [-0.15, -0.1) is 11.3 Å². The summed E-state index contributed by atoms with van der Waals surface area (Å²) in [7, 11) is 1.63. The van der Waals surface area contributed by atoms with Crippen LogP contribution in [0.2, 0.25) is 0 Å². The van der Waals surface area contributed by atoms with Crippen molar-refractivity contribution in [2.75, 3.05) is 13.1 Å². The smallest absolute Gasteiger partial charge is 0.341 e. The molecule has 0 atom stereocenters. The predicted molar refractivity (Wildman–Crippen MR) is 90.2 cm³/mol. The Morgan fingerprint density at radius 3 is 2.79 bits per heavy atom. The van der Waals surface area contributed by atoms with E-state index in [2.05, 4.69) is 5.10 Å². The minimum atomic E-state index is -0.254. The number of aryl methyl sites for hydroxylation is 3. The number of likely N-dealkylation sites (tertiary alicyclic amines) is 1. The van der Waals surface area contributed by atoms with Gasteiger partial charge in [0.1, 0.15) is 12.9 Å². The number of carbonyl (C=O) groups excluding carboxylic acids is 1. The van der Waals surface area contributed by atoms with Crippen LogP contribution < -0.4 is 5.69 Å². The van der Waals surface area contributed by atoms with Gasteiger partial charge in [-0.25, -0.2) is 14.5 Å². The summed E-state index contributed by atoms with van der Waals surface area (Å²) in [4.78, 5) is 32.3. The van der Waals surface area contributed by atoms with Gasteiger partial charge in [-0.05, 0) is 32.1 Å². The molecule has 8 heteroatoms. The van der Waals surface area contributed by atoms with E-state index < -0.39 is 0 Å². The van der Waals surface area contributed by atoms with E-state index in [1.165, 1.54) is 44.0 Å². The molecule has 2 aromatic heterocycles. The molecule has 7 nitrogen and oxygen atoms in total. The van der Waals surface area contributed by atoms with E-state index in [-0.39, 0.29) is 18.1 Å². The van der Waals surface area contributed by atoms with Gasteiger partial charge in [0, 0.05) is 30.9 Å². The molecule has 2 aliphatic rings. The van der Waals surface area contributed by atoms with Crippen LogP contribution in [0.3, 0.4) is 0 Å². The zero-order valence-electron chi connectivity index (χ0n) is 13.8. The molecule has 0 N–H and O–H groups in total. The molecule has 24 heavy (non-hydrogen) atoms. The number of fused-ring (bicyclic) bond motifs is 1. The van der Waals surface area contributed by atoms with E-state index in [9.17, 15) is 9.59 Å². The van der Waals surface area contributed by atoms with Crippen molar-refractivity contribution in [3.05, 3.63) is 32.4 Å². The van der Waals surface area contributed by atoms with Gasteiger partial charge >= 0.3 is 5.69 Å². The van der Waals surface area contributed by atoms with Gasteiger partial charge in [-0.1, -0.05) is 0 Å². The van der Waals surface area contributed by atoms with E-state index in [0.717, 1.165) is 32.4 Å². The van der Waals surface area contributed by atoms with Crippen LogP contribution in [0.15, 0.2) is 11.1 Å². The lowest BCUT2D eigenvalue weighted by Crippen LogP contribution is -2.41. The summed E-state index contributed by atoms with van der Waals surface area (Å²) in [5.41, 5.74) is 1.05. The Morgan fingerprint density at radius 1 is 1.33 bits per heavy atom. The molecule has 0 radical (unpaired) electrons. The second-order valence-corrected chi connectivity index (χ2v) is 7.73. The average molecular weight is 347 g/mol. The molecule has 0 saturated carbocycles. The second-order valence-electron chi connectivity index (χ2n) is 6.61. The van der Waals surface area contributed by atoms with Crippen LogP contribution in [0, 0.1) is 0 Å². The molecule has 1 fully saturated rings. The number of hydrogen-bond acceptors (Lipinski definition) is 5. The molecule has 0 bridgehead atoms. The Hall–Kier alpha value is -1.96. The number of hydrogen-bond donors (Lipinski definition) is 0. The number of carbonyl (C=O) groups is 1. The highest BCUT2D eigenvalue weighted by Gasteiger charge is 2.28. The Morgan fingerprint density at radius 2 is 2.12 bits per heavy atom. The third-order valence-electron chi connectivity index (χ3n) is 4.98. The molecule has 2 aromatic rings. The van der Waals surface area contributed by atoms with Gasteiger partial charge in [0.2, 0.25) is 5.91 Å². The first-order chi connectivity index (χ1) is 11.6. The quantitative estimate of drug-likeness (QED) is 0.828. The van der Waals surface area contributed by atoms with Gasteiger partial charge in [0.25, 0.3) is 0 Å². The summed E-state index contributed by atoms with van der Waals surface area (Å²) in [6, 6.07) is 0. The summed E-state index contributed by atoms with van der Waals surface area (Å²) < 4.78 is 2.60. The normalized spacial score (nSPS) is 18.1. The molecular formula is C16H21N5O2S. The molecule has 1 amide bonds. The first kappa shape index (κ1) is 15.6. The summed E-state index contributed by atoms with van der Waals surface area (Å²) in [6.07, 6.45) is 6.90. The summed E-state index contributed by atoms with van der Waals surface area (Å²) in [5.74, 6) is 0.443. The van der Waals surface area contributed by atoms with E-state index in [1.54, 1.807) is 7.05 Å². The zero-order valence-corrected chi connectivity index (χ0v) is 14.6. The Labute approximate surface area is 143 Å². The number of piperidine rings is 1. The third-order valence-corrected chi connectivity index (χ3v) is 6.30. The van der Waals surface area contributed by atoms with Crippen molar-refractivity contribution in [2.24, 2.45) is 7.05 Å². The molecule has 0 unspecified atom stereocenters. The van der Waals surface area contributed by atoms with Gasteiger partial charge in [0.15, 0.2) is 0 Å². The van der Waals surface area contributed by atoms with Crippen molar-refractivity contribution >= 4 is 17.2 Å². The summed E-state index contributed by atoms with van der Waals surface area (Å²) in [5, 5.41) is 5.21. The van der Waals surface area contributed by atoms with Gasteiger partial charge in [-0.3, -0.25) is 9.36 Å². The molecule has 1 saturated heterocycles. The molecular weight excluding hydrogens is 326 g/mol. The number of thiazole rings is 1. The van der Waals surface area contributed by atoms with Gasteiger partial charge in [0.05, 0.1) is 10.7 Å². The minimum absolute atomic E-state index is 0.0237. The first-order valence-corrected chi connectivity index (χ1v) is 9.28. The molecule has 4 rings (SSSR count). The Kier molecular flexibility index (Phi) is 3.99. The monoisotopic (exact) mass is 347 g/mol. The fraction of sp³-hybridized carbons (Fsp3) is 0.625. The van der Waals surface area contributed by atoms with Crippen LogP contribution in [0.25, 0.3) is 0 Å². The van der Waals surface area contributed by atoms with Crippen molar-refractivity contribution < 1.29 is 4.79 Å². The maximum absolute atomic E-state index is 12.4. The lowest BCUT2D eigenvalue weighted by atomic mass is 9.97. The lowest BCUT2D eigenvalue weighted by molar-refractivity contribution is -0.133. The summed E-state index contributed by atoms with van der Waals surface area (Å²) >= 11 is 1.87. The molecule has 128 valence electrons. The topological polar surface area (TPSA) is 73.0 Å². The van der Waals surface area contributed by atoms with Crippen molar-refractivity contribution in [1.29, 1.82) is 0 Å². The van der Waals surface area contributed by atoms with E-state index >= 15 is 0 Å². The van der Waals surface area contributed by atoms with Gasteiger partial charge in [-0.2, -0.15) is 5.10 Å². The van der Waals surface area contributed by atoms with Crippen LogP contribution in [0.4, 0.5) is 0 Å². The zero-order chi connectivity index (χ0) is 16.7.